The van der Waals surface area contributed by atoms with Gasteiger partial charge >= 0.3 is 0 Å². The summed E-state index contributed by atoms with van der Waals surface area (Å²) in [6.07, 6.45) is 0. The summed E-state index contributed by atoms with van der Waals surface area (Å²) in [6.45, 7) is 0. The van der Waals surface area contributed by atoms with Crippen molar-refractivity contribution in [1.82, 2.24) is 0 Å². The van der Waals surface area contributed by atoms with Crippen molar-refractivity contribution in [3.05, 3.63) is 133 Å². The van der Waals surface area contributed by atoms with Gasteiger partial charge in [-0.2, -0.15) is 0 Å². The fourth-order valence-corrected chi connectivity index (χ4v) is 9.86. The van der Waals surface area contributed by atoms with E-state index in [0.717, 1.165) is 0 Å². The van der Waals surface area contributed by atoms with Gasteiger partial charge in [0.1, 0.15) is 0 Å². The molecule has 46 heavy (non-hydrogen) atoms. The SMILES string of the molecule is c1cc2cccc3c4cc5c(cc4c(c1)c23)c1ccc2c3ccc4c6cccc7cccc(c8ccc(c9ccc5c1c29)c3c48)c76. The number of hydrogen-bond donors (Lipinski definition) is 0. The van der Waals surface area contributed by atoms with E-state index < -0.39 is 0 Å². The minimum atomic E-state index is 1.31. The Labute approximate surface area is 262 Å². The minimum absolute atomic E-state index is 1.31. The normalized spacial score (nSPS) is 13.2. The summed E-state index contributed by atoms with van der Waals surface area (Å²) in [5.41, 5.74) is 0. The molecule has 0 saturated carbocycles. The van der Waals surface area contributed by atoms with Crippen molar-refractivity contribution < 1.29 is 0 Å². The molecule has 0 amide bonds. The number of benzene rings is 11. The molecule has 0 saturated heterocycles. The van der Waals surface area contributed by atoms with E-state index in [1.54, 1.807) is 0 Å². The Morgan fingerprint density at radius 3 is 0.674 bits per heavy atom. The first-order valence-electron chi connectivity index (χ1n) is 16.3. The smallest absolute Gasteiger partial charge is 0.00139 e. The summed E-state index contributed by atoms with van der Waals surface area (Å²) >= 11 is 0. The first kappa shape index (κ1) is 22.5. The Kier molecular flexibility index (Phi) is 3.56. The Hall–Kier alpha value is -5.98. The zero-order chi connectivity index (χ0) is 29.4. The van der Waals surface area contributed by atoms with Crippen LogP contribution in [0.4, 0.5) is 0 Å². The van der Waals surface area contributed by atoms with Gasteiger partial charge < -0.3 is 0 Å². The summed E-state index contributed by atoms with van der Waals surface area (Å²) in [4.78, 5) is 0. The van der Waals surface area contributed by atoms with Crippen molar-refractivity contribution in [2.45, 2.75) is 0 Å². The van der Waals surface area contributed by atoms with Gasteiger partial charge in [-0.25, -0.2) is 0 Å². The second-order valence-corrected chi connectivity index (χ2v) is 13.5. The largest absolute Gasteiger partial charge is 0.0610 e. The molecular formula is C46H22. The van der Waals surface area contributed by atoms with E-state index in [0.29, 0.717) is 0 Å². The van der Waals surface area contributed by atoms with Crippen LogP contribution in [0.1, 0.15) is 0 Å². The fourth-order valence-electron chi connectivity index (χ4n) is 9.86. The standard InChI is InChI=1S/C46H22/c1-5-23-6-2-10-26-30-14-16-32-34-18-20-36-40-22-38-28-12-4-8-24-7-3-11-27(42(24)28)37(38)21-39(40)35-19-17-33(45(34)46(35)36)31-15-13-29(43(30)44(31)32)25(9-1)41(23)26/h1-22H. The molecule has 0 aliphatic heterocycles. The van der Waals surface area contributed by atoms with Gasteiger partial charge in [0, 0.05) is 0 Å². The average molecular weight is 575 g/mol. The maximum atomic E-state index is 2.48. The van der Waals surface area contributed by atoms with Gasteiger partial charge in [0.15, 0.2) is 0 Å². The van der Waals surface area contributed by atoms with Crippen molar-refractivity contribution in [1.29, 1.82) is 0 Å². The Morgan fingerprint density at radius 2 is 0.391 bits per heavy atom. The van der Waals surface area contributed by atoms with Crippen LogP contribution in [0.3, 0.4) is 0 Å². The topological polar surface area (TPSA) is 0 Å². The Morgan fingerprint density at radius 1 is 0.174 bits per heavy atom. The van der Waals surface area contributed by atoms with Crippen molar-refractivity contribution in [2.24, 2.45) is 0 Å². The maximum Gasteiger partial charge on any atom is -0.00139 e. The first-order chi connectivity index (χ1) is 22.8. The molecule has 0 radical (unpaired) electrons. The lowest BCUT2D eigenvalue weighted by atomic mass is 9.84. The summed E-state index contributed by atoms with van der Waals surface area (Å²) in [5, 5.41) is 32.8. The van der Waals surface area contributed by atoms with E-state index in [9.17, 15) is 0 Å². The van der Waals surface area contributed by atoms with Gasteiger partial charge in [-0.15, -0.1) is 0 Å². The number of hydrogen-bond acceptors (Lipinski definition) is 0. The molecule has 13 aromatic carbocycles. The predicted octanol–water partition coefficient (Wildman–Crippen LogP) is 13.3. The quantitative estimate of drug-likeness (QED) is 0.125. The Balaban J connectivity index is 1.24. The molecule has 0 bridgehead atoms. The molecule has 0 nitrogen and oxygen atoms in total. The monoisotopic (exact) mass is 574 g/mol. The van der Waals surface area contributed by atoms with Gasteiger partial charge in [0.2, 0.25) is 0 Å². The molecule has 0 atom stereocenters. The molecule has 0 heterocycles. The molecule has 13 aromatic rings. The molecule has 0 aliphatic carbocycles. The van der Waals surface area contributed by atoms with Crippen LogP contribution in [0, 0.1) is 0 Å². The Bertz CT molecular complexity index is 3240. The first-order valence-corrected chi connectivity index (χ1v) is 16.3. The van der Waals surface area contributed by atoms with Crippen LogP contribution in [-0.2, 0) is 0 Å². The second-order valence-electron chi connectivity index (χ2n) is 13.5. The van der Waals surface area contributed by atoms with Crippen molar-refractivity contribution in [2.75, 3.05) is 0 Å². The van der Waals surface area contributed by atoms with E-state index in [1.807, 2.05) is 0 Å². The highest BCUT2D eigenvalue weighted by Gasteiger charge is 2.22. The van der Waals surface area contributed by atoms with Gasteiger partial charge in [-0.05, 0) is 141 Å². The molecule has 0 fully saturated rings. The lowest BCUT2D eigenvalue weighted by Gasteiger charge is -2.19. The van der Waals surface area contributed by atoms with Gasteiger partial charge in [-0.1, -0.05) is 121 Å². The van der Waals surface area contributed by atoms with Crippen LogP contribution in [0.15, 0.2) is 133 Å². The zero-order valence-corrected chi connectivity index (χ0v) is 24.7. The highest BCUT2D eigenvalue weighted by molar-refractivity contribution is 6.46. The van der Waals surface area contributed by atoms with Crippen LogP contribution < -0.4 is 0 Å². The third-order valence-corrected chi connectivity index (χ3v) is 11.6. The molecule has 0 unspecified atom stereocenters. The summed E-state index contributed by atoms with van der Waals surface area (Å²) in [5.74, 6) is 0. The predicted molar refractivity (Wildman–Crippen MR) is 201 cm³/mol. The number of rotatable bonds is 0. The van der Waals surface area contributed by atoms with E-state index in [-0.39, 0.29) is 0 Å². The second kappa shape index (κ2) is 7.28. The highest BCUT2D eigenvalue weighted by atomic mass is 14.3. The molecular weight excluding hydrogens is 553 g/mol. The van der Waals surface area contributed by atoms with E-state index in [1.165, 1.54) is 129 Å². The molecule has 0 N–H and O–H groups in total. The third kappa shape index (κ3) is 2.32. The van der Waals surface area contributed by atoms with E-state index in [4.69, 9.17) is 0 Å². The van der Waals surface area contributed by atoms with Gasteiger partial charge in [0.25, 0.3) is 0 Å². The van der Waals surface area contributed by atoms with Crippen molar-refractivity contribution in [3.63, 3.8) is 0 Å². The lowest BCUT2D eigenvalue weighted by Crippen LogP contribution is -1.91. The lowest BCUT2D eigenvalue weighted by molar-refractivity contribution is 1.81. The molecule has 0 spiro atoms. The van der Waals surface area contributed by atoms with E-state index >= 15 is 0 Å². The van der Waals surface area contributed by atoms with Crippen LogP contribution in [0.2, 0.25) is 0 Å². The summed E-state index contributed by atoms with van der Waals surface area (Å²) in [7, 11) is 0. The molecule has 0 heteroatoms. The minimum Gasteiger partial charge on any atom is -0.0610 e. The summed E-state index contributed by atoms with van der Waals surface area (Å²) < 4.78 is 0. The van der Waals surface area contributed by atoms with Crippen molar-refractivity contribution >= 4 is 129 Å². The van der Waals surface area contributed by atoms with Crippen molar-refractivity contribution in [3.8, 4) is 0 Å². The molecule has 206 valence electrons. The van der Waals surface area contributed by atoms with E-state index in [2.05, 4.69) is 133 Å². The van der Waals surface area contributed by atoms with Gasteiger partial charge in [0.05, 0.1) is 0 Å². The van der Waals surface area contributed by atoms with Crippen LogP contribution >= 0.6 is 0 Å². The summed E-state index contributed by atoms with van der Waals surface area (Å²) in [6, 6.07) is 51.2. The highest BCUT2D eigenvalue weighted by Crippen LogP contribution is 2.51. The zero-order valence-electron chi connectivity index (χ0n) is 24.7. The number of fused-ring (bicyclic) bond motifs is 10. The molecule has 0 aliphatic rings. The third-order valence-electron chi connectivity index (χ3n) is 11.6. The molecule has 0 aromatic heterocycles. The maximum absolute atomic E-state index is 2.48. The average Bonchev–Trinajstić information content (AvgIpc) is 3.60. The fraction of sp³-hybridized carbons (Fsp3) is 0. The van der Waals surface area contributed by atoms with Gasteiger partial charge in [-0.3, -0.25) is 0 Å². The van der Waals surface area contributed by atoms with Crippen LogP contribution in [-0.4, -0.2) is 0 Å². The molecule has 13 rings (SSSR count). The van der Waals surface area contributed by atoms with Crippen LogP contribution in [0.5, 0.6) is 0 Å². The van der Waals surface area contributed by atoms with Crippen LogP contribution in [0.25, 0.3) is 129 Å².